The fourth-order valence-electron chi connectivity index (χ4n) is 2.41. The summed E-state index contributed by atoms with van der Waals surface area (Å²) in [4.78, 5) is 35.7. The van der Waals surface area contributed by atoms with Gasteiger partial charge in [-0.3, -0.25) is 9.59 Å². The number of rotatable bonds is 3. The molecule has 0 unspecified atom stereocenters. The Hall–Kier alpha value is -2.72. The molecule has 3 N–H and O–H groups in total. The SMILES string of the molecule is N#CCOC(=O)c1ccc(C2(N)C(=O)CCCC2=O)cc1O. The van der Waals surface area contributed by atoms with Gasteiger partial charge in [-0.1, -0.05) is 6.07 Å². The van der Waals surface area contributed by atoms with E-state index in [-0.39, 0.29) is 24.0 Å². The molecule has 0 bridgehead atoms. The summed E-state index contributed by atoms with van der Waals surface area (Å²) in [7, 11) is 0. The van der Waals surface area contributed by atoms with E-state index in [1.54, 1.807) is 6.07 Å². The third-order valence-corrected chi connectivity index (χ3v) is 3.63. The zero-order chi connectivity index (χ0) is 16.3. The summed E-state index contributed by atoms with van der Waals surface area (Å²) >= 11 is 0. The Morgan fingerprint density at radius 3 is 2.55 bits per heavy atom. The van der Waals surface area contributed by atoms with Crippen molar-refractivity contribution in [2.75, 3.05) is 6.61 Å². The van der Waals surface area contributed by atoms with E-state index in [1.165, 1.54) is 12.1 Å². The Kier molecular flexibility index (Phi) is 4.24. The maximum Gasteiger partial charge on any atom is 0.342 e. The third-order valence-electron chi connectivity index (χ3n) is 3.63. The summed E-state index contributed by atoms with van der Waals surface area (Å²) in [5.41, 5.74) is 4.15. The van der Waals surface area contributed by atoms with Crippen LogP contribution in [0.25, 0.3) is 0 Å². The van der Waals surface area contributed by atoms with Gasteiger partial charge in [-0.25, -0.2) is 4.79 Å². The van der Waals surface area contributed by atoms with E-state index in [0.717, 1.165) is 6.07 Å². The highest BCUT2D eigenvalue weighted by Gasteiger charge is 2.45. The summed E-state index contributed by atoms with van der Waals surface area (Å²) in [6.45, 7) is -0.447. The number of aromatic hydroxyl groups is 1. The molecule has 0 amide bonds. The van der Waals surface area contributed by atoms with E-state index in [9.17, 15) is 19.5 Å². The van der Waals surface area contributed by atoms with Crippen molar-refractivity contribution in [1.82, 2.24) is 0 Å². The topological polar surface area (TPSA) is 130 Å². The summed E-state index contributed by atoms with van der Waals surface area (Å²) in [6.07, 6.45) is 0.838. The number of ether oxygens (including phenoxy) is 1. The second-order valence-corrected chi connectivity index (χ2v) is 4.97. The van der Waals surface area contributed by atoms with Crippen LogP contribution in [-0.4, -0.2) is 29.2 Å². The molecule has 22 heavy (non-hydrogen) atoms. The number of ketones is 2. The first-order valence-corrected chi connectivity index (χ1v) is 6.64. The van der Waals surface area contributed by atoms with Crippen LogP contribution in [0.15, 0.2) is 18.2 Å². The van der Waals surface area contributed by atoms with Crippen molar-refractivity contribution in [2.24, 2.45) is 5.73 Å². The lowest BCUT2D eigenvalue weighted by Crippen LogP contribution is -2.53. The first kappa shape index (κ1) is 15.7. The number of phenols is 1. The first-order chi connectivity index (χ1) is 10.4. The number of phenolic OH excluding ortho intramolecular Hbond substituents is 1. The average Bonchev–Trinajstić information content (AvgIpc) is 2.50. The zero-order valence-corrected chi connectivity index (χ0v) is 11.7. The van der Waals surface area contributed by atoms with Gasteiger partial charge >= 0.3 is 5.97 Å². The van der Waals surface area contributed by atoms with Gasteiger partial charge in [0.2, 0.25) is 0 Å². The molecule has 2 rings (SSSR count). The molecule has 1 saturated carbocycles. The molecule has 114 valence electrons. The Morgan fingerprint density at radius 2 is 2.00 bits per heavy atom. The van der Waals surface area contributed by atoms with Gasteiger partial charge in [0.05, 0.1) is 0 Å². The van der Waals surface area contributed by atoms with Crippen LogP contribution in [0, 0.1) is 11.3 Å². The van der Waals surface area contributed by atoms with E-state index < -0.39 is 35.4 Å². The Morgan fingerprint density at radius 1 is 1.36 bits per heavy atom. The number of nitrogens with zero attached hydrogens (tertiary/aromatic N) is 1. The van der Waals surface area contributed by atoms with Gasteiger partial charge in [-0.15, -0.1) is 0 Å². The van der Waals surface area contributed by atoms with Gasteiger partial charge in [0, 0.05) is 12.8 Å². The quantitative estimate of drug-likeness (QED) is 0.615. The largest absolute Gasteiger partial charge is 0.507 e. The number of nitriles is 1. The highest BCUT2D eigenvalue weighted by molar-refractivity contribution is 6.13. The van der Waals surface area contributed by atoms with Crippen molar-refractivity contribution in [1.29, 1.82) is 5.26 Å². The standard InChI is InChI=1S/C15H14N2O5/c16-6-7-22-14(21)10-5-4-9(8-11(10)18)15(17)12(19)2-1-3-13(15)20/h4-5,8,18H,1-3,7,17H2. The molecular weight excluding hydrogens is 288 g/mol. The van der Waals surface area contributed by atoms with Crippen molar-refractivity contribution in [3.05, 3.63) is 29.3 Å². The highest BCUT2D eigenvalue weighted by atomic mass is 16.5. The van der Waals surface area contributed by atoms with Crippen LogP contribution >= 0.6 is 0 Å². The molecule has 1 fully saturated rings. The lowest BCUT2D eigenvalue weighted by molar-refractivity contribution is -0.137. The molecule has 1 aliphatic carbocycles. The normalized spacial score (nSPS) is 16.9. The molecule has 1 aromatic rings. The van der Waals surface area contributed by atoms with Gasteiger partial charge in [-0.05, 0) is 24.1 Å². The van der Waals surface area contributed by atoms with Crippen LogP contribution in [0.1, 0.15) is 35.2 Å². The zero-order valence-electron chi connectivity index (χ0n) is 11.7. The van der Waals surface area contributed by atoms with Crippen molar-refractivity contribution in [3.8, 4) is 11.8 Å². The van der Waals surface area contributed by atoms with Crippen molar-refractivity contribution < 1.29 is 24.2 Å². The molecule has 0 heterocycles. The van der Waals surface area contributed by atoms with E-state index in [4.69, 9.17) is 11.0 Å². The number of esters is 1. The lowest BCUT2D eigenvalue weighted by Gasteiger charge is -2.30. The van der Waals surface area contributed by atoms with E-state index in [0.29, 0.717) is 6.42 Å². The smallest absolute Gasteiger partial charge is 0.342 e. The second-order valence-electron chi connectivity index (χ2n) is 4.97. The predicted octanol–water partition coefficient (Wildman–Crippen LogP) is 0.549. The van der Waals surface area contributed by atoms with Crippen LogP contribution in [-0.2, 0) is 19.9 Å². The minimum absolute atomic E-state index is 0.136. The maximum absolute atomic E-state index is 12.0. The summed E-state index contributed by atoms with van der Waals surface area (Å²) in [5.74, 6) is -2.17. The predicted molar refractivity (Wildman–Crippen MR) is 73.7 cm³/mol. The van der Waals surface area contributed by atoms with E-state index in [2.05, 4.69) is 4.74 Å². The monoisotopic (exact) mass is 302 g/mol. The van der Waals surface area contributed by atoms with Gasteiger partial charge in [0.25, 0.3) is 0 Å². The Labute approximate surface area is 126 Å². The van der Waals surface area contributed by atoms with Crippen molar-refractivity contribution in [3.63, 3.8) is 0 Å². The van der Waals surface area contributed by atoms with E-state index >= 15 is 0 Å². The van der Waals surface area contributed by atoms with Crippen molar-refractivity contribution in [2.45, 2.75) is 24.8 Å². The number of Topliss-reactive ketones (excluding diaryl/α,β-unsaturated/α-hetero) is 2. The molecule has 0 aromatic heterocycles. The molecule has 1 aromatic carbocycles. The average molecular weight is 302 g/mol. The molecule has 1 aliphatic rings. The van der Waals surface area contributed by atoms with Crippen LogP contribution < -0.4 is 5.73 Å². The fraction of sp³-hybridized carbons (Fsp3) is 0.333. The molecule has 0 saturated heterocycles. The summed E-state index contributed by atoms with van der Waals surface area (Å²) in [5, 5.41) is 18.3. The van der Waals surface area contributed by atoms with Crippen LogP contribution in [0.5, 0.6) is 5.75 Å². The van der Waals surface area contributed by atoms with Crippen LogP contribution in [0.3, 0.4) is 0 Å². The molecule has 7 nitrogen and oxygen atoms in total. The van der Waals surface area contributed by atoms with E-state index in [1.807, 2.05) is 0 Å². The molecule has 7 heteroatoms. The minimum Gasteiger partial charge on any atom is -0.507 e. The number of carbonyl (C=O) groups is 3. The second kappa shape index (κ2) is 5.95. The third kappa shape index (κ3) is 2.56. The van der Waals surface area contributed by atoms with Gasteiger partial charge in [0.1, 0.15) is 17.4 Å². The molecule has 0 radical (unpaired) electrons. The molecule has 0 aliphatic heterocycles. The lowest BCUT2D eigenvalue weighted by atomic mass is 9.75. The summed E-state index contributed by atoms with van der Waals surface area (Å²) < 4.78 is 4.59. The molecular formula is C15H14N2O5. The number of carbonyl (C=O) groups excluding carboxylic acids is 3. The van der Waals surface area contributed by atoms with Gasteiger partial charge in [-0.2, -0.15) is 5.26 Å². The van der Waals surface area contributed by atoms with Crippen LogP contribution in [0.4, 0.5) is 0 Å². The molecule has 0 atom stereocenters. The number of nitrogens with two attached hydrogens (primary N) is 1. The maximum atomic E-state index is 12.0. The van der Waals surface area contributed by atoms with Gasteiger partial charge in [0.15, 0.2) is 23.7 Å². The highest BCUT2D eigenvalue weighted by Crippen LogP contribution is 2.32. The summed E-state index contributed by atoms with van der Waals surface area (Å²) in [6, 6.07) is 5.30. The van der Waals surface area contributed by atoms with Crippen LogP contribution in [0.2, 0.25) is 0 Å². The first-order valence-electron chi connectivity index (χ1n) is 6.64. The Balaban J connectivity index is 2.37. The van der Waals surface area contributed by atoms with Crippen molar-refractivity contribution >= 4 is 17.5 Å². The van der Waals surface area contributed by atoms with Gasteiger partial charge < -0.3 is 15.6 Å². The fourth-order valence-corrected chi connectivity index (χ4v) is 2.41. The number of hydrogen-bond donors (Lipinski definition) is 2. The molecule has 0 spiro atoms. The Bertz CT molecular complexity index is 674. The minimum atomic E-state index is -1.79. The number of hydrogen-bond acceptors (Lipinski definition) is 7. The number of benzene rings is 1.